The summed E-state index contributed by atoms with van der Waals surface area (Å²) < 4.78 is 10.7. The van der Waals surface area contributed by atoms with Crippen molar-refractivity contribution in [3.05, 3.63) is 24.2 Å². The molecule has 1 aliphatic carbocycles. The molecule has 1 saturated carbocycles. The number of carbonyl (C=O) groups excluding carboxylic acids is 1. The maximum Gasteiger partial charge on any atom is 0.287 e. The number of amides is 1. The summed E-state index contributed by atoms with van der Waals surface area (Å²) in [6, 6.07) is 3.33. The van der Waals surface area contributed by atoms with Crippen LogP contribution < -0.4 is 10.6 Å². The van der Waals surface area contributed by atoms with Gasteiger partial charge in [0.1, 0.15) is 0 Å². The van der Waals surface area contributed by atoms with E-state index < -0.39 is 0 Å². The largest absolute Gasteiger partial charge is 0.459 e. The molecule has 0 unspecified atom stereocenters. The highest BCUT2D eigenvalue weighted by atomic mass is 16.5. The van der Waals surface area contributed by atoms with E-state index in [9.17, 15) is 4.79 Å². The van der Waals surface area contributed by atoms with E-state index in [1.165, 1.54) is 19.1 Å². The number of aliphatic imine (C=N–C) groups is 1. The molecular weight excluding hydrogens is 308 g/mol. The first kappa shape index (κ1) is 18.3. The van der Waals surface area contributed by atoms with Crippen molar-refractivity contribution >= 4 is 11.9 Å². The van der Waals surface area contributed by atoms with Crippen molar-refractivity contribution in [2.24, 2.45) is 10.9 Å². The highest BCUT2D eigenvalue weighted by molar-refractivity contribution is 5.91. The molecule has 1 amide bonds. The van der Waals surface area contributed by atoms with E-state index in [1.807, 2.05) is 18.9 Å². The topological polar surface area (TPSA) is 79.1 Å². The Kier molecular flexibility index (Phi) is 7.61. The Morgan fingerprint density at radius 3 is 2.96 bits per heavy atom. The predicted octanol–water partition coefficient (Wildman–Crippen LogP) is 1.33. The summed E-state index contributed by atoms with van der Waals surface area (Å²) in [7, 11) is 1.99. The number of furan rings is 1. The van der Waals surface area contributed by atoms with Crippen molar-refractivity contribution < 1.29 is 13.9 Å². The first-order valence-electron chi connectivity index (χ1n) is 8.59. The number of ether oxygens (including phenoxy) is 1. The number of likely N-dealkylation sites (N-methyl/N-ethyl adjacent to an activating group) is 1. The monoisotopic (exact) mass is 336 g/mol. The molecule has 0 radical (unpaired) electrons. The standard InChI is InChI=1S/C17H28N4O3/c1-3-18-17(21(2)10-12-23-13-14-6-7-14)20-9-8-19-16(22)15-5-4-11-24-15/h4-5,11,14H,3,6-10,12-13H2,1-2H3,(H,18,20)(H,19,22). The molecule has 1 aliphatic rings. The average Bonchev–Trinajstić information content (AvgIpc) is 3.24. The number of nitrogens with one attached hydrogen (secondary N) is 2. The number of nitrogens with zero attached hydrogens (tertiary/aromatic N) is 2. The maximum absolute atomic E-state index is 11.7. The first-order chi connectivity index (χ1) is 11.7. The van der Waals surface area contributed by atoms with E-state index >= 15 is 0 Å². The molecular formula is C17H28N4O3. The van der Waals surface area contributed by atoms with Crippen molar-refractivity contribution in [2.45, 2.75) is 19.8 Å². The highest BCUT2D eigenvalue weighted by Crippen LogP contribution is 2.28. The number of hydrogen-bond acceptors (Lipinski definition) is 4. The zero-order valence-electron chi connectivity index (χ0n) is 14.6. The maximum atomic E-state index is 11.7. The van der Waals surface area contributed by atoms with Gasteiger partial charge in [-0.15, -0.1) is 0 Å². The van der Waals surface area contributed by atoms with Crippen LogP contribution in [0.4, 0.5) is 0 Å². The molecule has 1 fully saturated rings. The predicted molar refractivity (Wildman–Crippen MR) is 93.2 cm³/mol. The van der Waals surface area contributed by atoms with Crippen LogP contribution in [0.2, 0.25) is 0 Å². The van der Waals surface area contributed by atoms with Crippen LogP contribution in [-0.4, -0.2) is 63.2 Å². The fourth-order valence-electron chi connectivity index (χ4n) is 2.14. The van der Waals surface area contributed by atoms with Crippen LogP contribution >= 0.6 is 0 Å². The minimum Gasteiger partial charge on any atom is -0.459 e. The fourth-order valence-corrected chi connectivity index (χ4v) is 2.14. The molecule has 0 aromatic carbocycles. The van der Waals surface area contributed by atoms with E-state index in [-0.39, 0.29) is 5.91 Å². The molecule has 2 N–H and O–H groups in total. The van der Waals surface area contributed by atoms with Crippen LogP contribution in [0.15, 0.2) is 27.8 Å². The molecule has 0 atom stereocenters. The van der Waals surface area contributed by atoms with Gasteiger partial charge in [-0.25, -0.2) is 0 Å². The summed E-state index contributed by atoms with van der Waals surface area (Å²) in [4.78, 5) is 18.3. The molecule has 0 bridgehead atoms. The smallest absolute Gasteiger partial charge is 0.287 e. The Morgan fingerprint density at radius 2 is 2.29 bits per heavy atom. The second-order valence-corrected chi connectivity index (χ2v) is 5.91. The Labute approximate surface area is 143 Å². The zero-order chi connectivity index (χ0) is 17.2. The van der Waals surface area contributed by atoms with Gasteiger partial charge in [-0.1, -0.05) is 0 Å². The number of hydrogen-bond donors (Lipinski definition) is 2. The van der Waals surface area contributed by atoms with Gasteiger partial charge in [0.05, 0.1) is 19.4 Å². The van der Waals surface area contributed by atoms with Crippen molar-refractivity contribution in [1.29, 1.82) is 0 Å². The van der Waals surface area contributed by atoms with Crippen LogP contribution in [0.1, 0.15) is 30.3 Å². The van der Waals surface area contributed by atoms with Gasteiger partial charge in [0, 0.05) is 33.3 Å². The average molecular weight is 336 g/mol. The second kappa shape index (κ2) is 9.97. The van der Waals surface area contributed by atoms with Crippen LogP contribution in [0.3, 0.4) is 0 Å². The lowest BCUT2D eigenvalue weighted by molar-refractivity contribution is 0.0927. The van der Waals surface area contributed by atoms with Crippen LogP contribution in [0.5, 0.6) is 0 Å². The Bertz CT molecular complexity index is 512. The first-order valence-corrected chi connectivity index (χ1v) is 8.59. The van der Waals surface area contributed by atoms with Crippen molar-refractivity contribution in [3.8, 4) is 0 Å². The number of guanidine groups is 1. The normalized spacial score (nSPS) is 14.5. The quantitative estimate of drug-likeness (QED) is 0.383. The number of rotatable bonds is 10. The molecule has 24 heavy (non-hydrogen) atoms. The summed E-state index contributed by atoms with van der Waals surface area (Å²) in [5, 5.41) is 6.03. The lowest BCUT2D eigenvalue weighted by atomic mass is 10.4. The van der Waals surface area contributed by atoms with Crippen LogP contribution in [-0.2, 0) is 4.74 Å². The van der Waals surface area contributed by atoms with Gasteiger partial charge in [-0.2, -0.15) is 0 Å². The van der Waals surface area contributed by atoms with Gasteiger partial charge in [-0.05, 0) is 37.8 Å². The summed E-state index contributed by atoms with van der Waals surface area (Å²) in [6.45, 7) is 6.16. The van der Waals surface area contributed by atoms with Gasteiger partial charge in [0.25, 0.3) is 5.91 Å². The highest BCUT2D eigenvalue weighted by Gasteiger charge is 2.21. The van der Waals surface area contributed by atoms with Crippen molar-refractivity contribution in [1.82, 2.24) is 15.5 Å². The molecule has 7 nitrogen and oxygen atoms in total. The van der Waals surface area contributed by atoms with E-state index in [2.05, 4.69) is 15.6 Å². The van der Waals surface area contributed by atoms with Gasteiger partial charge >= 0.3 is 0 Å². The summed E-state index contributed by atoms with van der Waals surface area (Å²) >= 11 is 0. The molecule has 1 aromatic heterocycles. The molecule has 7 heteroatoms. The molecule has 0 aliphatic heterocycles. The summed E-state index contributed by atoms with van der Waals surface area (Å²) in [6.07, 6.45) is 4.10. The van der Waals surface area contributed by atoms with E-state index in [0.29, 0.717) is 25.5 Å². The van der Waals surface area contributed by atoms with E-state index in [0.717, 1.165) is 31.6 Å². The molecule has 0 saturated heterocycles. The van der Waals surface area contributed by atoms with E-state index in [4.69, 9.17) is 9.15 Å². The molecule has 2 rings (SSSR count). The Morgan fingerprint density at radius 1 is 1.46 bits per heavy atom. The SMILES string of the molecule is CCNC(=NCCNC(=O)c1ccco1)N(C)CCOCC1CC1. The fraction of sp³-hybridized carbons (Fsp3) is 0.647. The molecule has 1 heterocycles. The molecule has 1 aromatic rings. The molecule has 0 spiro atoms. The third-order valence-electron chi connectivity index (χ3n) is 3.72. The van der Waals surface area contributed by atoms with Crippen LogP contribution in [0.25, 0.3) is 0 Å². The van der Waals surface area contributed by atoms with Gasteiger partial charge in [0.15, 0.2) is 11.7 Å². The van der Waals surface area contributed by atoms with Gasteiger partial charge < -0.3 is 24.7 Å². The minimum absolute atomic E-state index is 0.220. The second-order valence-electron chi connectivity index (χ2n) is 5.91. The zero-order valence-corrected chi connectivity index (χ0v) is 14.6. The lowest BCUT2D eigenvalue weighted by Crippen LogP contribution is -2.41. The van der Waals surface area contributed by atoms with Gasteiger partial charge in [-0.3, -0.25) is 9.79 Å². The van der Waals surface area contributed by atoms with Crippen LogP contribution in [0, 0.1) is 5.92 Å². The third-order valence-corrected chi connectivity index (χ3v) is 3.72. The van der Waals surface area contributed by atoms with Gasteiger partial charge in [0.2, 0.25) is 0 Å². The molecule has 134 valence electrons. The minimum atomic E-state index is -0.220. The lowest BCUT2D eigenvalue weighted by Gasteiger charge is -2.22. The summed E-state index contributed by atoms with van der Waals surface area (Å²) in [5.41, 5.74) is 0. The van der Waals surface area contributed by atoms with Crippen molar-refractivity contribution in [2.75, 3.05) is 46.4 Å². The number of carbonyl (C=O) groups is 1. The third kappa shape index (κ3) is 6.62. The van der Waals surface area contributed by atoms with Crippen molar-refractivity contribution in [3.63, 3.8) is 0 Å². The Hall–Kier alpha value is -2.02. The summed E-state index contributed by atoms with van der Waals surface area (Å²) in [5.74, 6) is 1.70. The van der Waals surface area contributed by atoms with E-state index in [1.54, 1.807) is 12.1 Å². The Balaban J connectivity index is 1.67.